The molecule has 0 aromatic carbocycles. The summed E-state index contributed by atoms with van der Waals surface area (Å²) in [7, 11) is 0. The number of hydrogen-bond acceptors (Lipinski definition) is 1. The number of rotatable bonds is 5. The number of unbranched alkanes of at least 4 members (excludes halogenated alkanes) is 1. The molecule has 0 unspecified atom stereocenters. The fraction of sp³-hybridized carbons (Fsp3) is 0.583. The van der Waals surface area contributed by atoms with Crippen molar-refractivity contribution in [2.45, 2.75) is 33.1 Å². The number of Topliss-reactive ketones (excluding diaryl/α,β-unsaturated/α-hetero) is 1. The Bertz CT molecular complexity index is 255. The number of ketones is 1. The van der Waals surface area contributed by atoms with Gasteiger partial charge < -0.3 is 0 Å². The summed E-state index contributed by atoms with van der Waals surface area (Å²) in [6, 6.07) is 0. The summed E-state index contributed by atoms with van der Waals surface area (Å²) in [4.78, 5) is 11.6. The number of halogens is 1. The first-order valence-corrected chi connectivity index (χ1v) is 6.27. The summed E-state index contributed by atoms with van der Waals surface area (Å²) in [5.41, 5.74) is -0.376. The van der Waals surface area contributed by atoms with Crippen molar-refractivity contribution >= 4 is 28.4 Å². The van der Waals surface area contributed by atoms with Gasteiger partial charge in [-0.05, 0) is 18.8 Å². The Morgan fingerprint density at radius 3 is 2.71 bits per heavy atom. The zero-order chi connectivity index (χ0) is 11.0. The maximum Gasteiger partial charge on any atom is 0.211 e. The first-order chi connectivity index (χ1) is 6.54. The van der Waals surface area contributed by atoms with E-state index in [1.54, 1.807) is 6.08 Å². The highest BCUT2D eigenvalue weighted by Crippen LogP contribution is 2.21. The molecule has 0 N–H and O–H groups in total. The van der Waals surface area contributed by atoms with Gasteiger partial charge in [0.2, 0.25) is 5.78 Å². The number of hydrogen-bond donors (Lipinski definition) is 0. The molecule has 0 aliphatic rings. The van der Waals surface area contributed by atoms with E-state index in [0.29, 0.717) is 6.42 Å². The summed E-state index contributed by atoms with van der Waals surface area (Å²) >= 11 is 2.31. The van der Waals surface area contributed by atoms with E-state index >= 15 is 0 Å². The molecule has 0 aliphatic heterocycles. The lowest BCUT2D eigenvalue weighted by molar-refractivity contribution is -0.121. The summed E-state index contributed by atoms with van der Waals surface area (Å²) < 4.78 is 1.09. The van der Waals surface area contributed by atoms with E-state index in [9.17, 15) is 4.79 Å². The molecule has 0 amide bonds. The van der Waals surface area contributed by atoms with Crippen LogP contribution in [0.15, 0.2) is 12.7 Å². The van der Waals surface area contributed by atoms with E-state index in [-0.39, 0.29) is 11.2 Å². The number of carbonyl (C=O) groups excluding carboxylic acids is 1. The van der Waals surface area contributed by atoms with Gasteiger partial charge in [-0.1, -0.05) is 48.4 Å². The Balaban J connectivity index is 4.16. The van der Waals surface area contributed by atoms with Crippen molar-refractivity contribution in [2.75, 3.05) is 4.43 Å². The molecule has 2 heteroatoms. The fourth-order valence-electron chi connectivity index (χ4n) is 0.921. The maximum absolute atomic E-state index is 11.6. The molecule has 0 aromatic heterocycles. The first kappa shape index (κ1) is 13.7. The normalized spacial score (nSPS) is 10.2. The van der Waals surface area contributed by atoms with E-state index in [1.165, 1.54) is 0 Å². The zero-order valence-corrected chi connectivity index (χ0v) is 11.1. The quantitative estimate of drug-likeness (QED) is 0.190. The molecular formula is C12H17IO. The van der Waals surface area contributed by atoms with Crippen LogP contribution < -0.4 is 0 Å². The van der Waals surface area contributed by atoms with Crippen molar-refractivity contribution in [1.29, 1.82) is 0 Å². The van der Waals surface area contributed by atoms with E-state index in [2.05, 4.69) is 41.0 Å². The third-order valence-electron chi connectivity index (χ3n) is 1.91. The van der Waals surface area contributed by atoms with Crippen molar-refractivity contribution in [2.24, 2.45) is 5.41 Å². The maximum atomic E-state index is 11.6. The first-order valence-electron chi connectivity index (χ1n) is 4.74. The lowest BCUT2D eigenvalue weighted by atomic mass is 9.85. The summed E-state index contributed by atoms with van der Waals surface area (Å²) in [5, 5.41) is 0. The van der Waals surface area contributed by atoms with Crippen molar-refractivity contribution in [3.8, 4) is 11.8 Å². The molecule has 14 heavy (non-hydrogen) atoms. The standard InChI is InChI=1S/C12H17IO/c1-4-9-12(2,3)11(14)8-6-5-7-10-13/h4H,1,5,7,9-10H2,2-3H3. The predicted molar refractivity (Wildman–Crippen MR) is 69.5 cm³/mol. The van der Waals surface area contributed by atoms with Gasteiger partial charge in [0.25, 0.3) is 0 Å². The Labute approximate surface area is 100 Å². The van der Waals surface area contributed by atoms with Gasteiger partial charge in [0.1, 0.15) is 0 Å². The molecule has 0 aromatic rings. The van der Waals surface area contributed by atoms with Crippen LogP contribution in [0.25, 0.3) is 0 Å². The predicted octanol–water partition coefficient (Wildman–Crippen LogP) is 3.38. The largest absolute Gasteiger partial charge is 0.284 e. The number of carbonyl (C=O) groups is 1. The second kappa shape index (κ2) is 7.05. The van der Waals surface area contributed by atoms with E-state index in [4.69, 9.17) is 0 Å². The SMILES string of the molecule is C=CCC(C)(C)C(=O)C#CCCCI. The van der Waals surface area contributed by atoms with Crippen molar-refractivity contribution in [3.05, 3.63) is 12.7 Å². The van der Waals surface area contributed by atoms with Crippen LogP contribution >= 0.6 is 22.6 Å². The highest BCUT2D eigenvalue weighted by Gasteiger charge is 2.23. The lowest BCUT2D eigenvalue weighted by Gasteiger charge is -2.16. The monoisotopic (exact) mass is 304 g/mol. The molecule has 78 valence electrons. The van der Waals surface area contributed by atoms with Crippen LogP contribution in [-0.2, 0) is 4.79 Å². The van der Waals surface area contributed by atoms with Crippen LogP contribution in [0, 0.1) is 17.3 Å². The summed E-state index contributed by atoms with van der Waals surface area (Å²) in [6.45, 7) is 7.45. The smallest absolute Gasteiger partial charge is 0.211 e. The van der Waals surface area contributed by atoms with Gasteiger partial charge in [-0.15, -0.1) is 6.58 Å². The average Bonchev–Trinajstić information content (AvgIpc) is 2.12. The fourth-order valence-corrected chi connectivity index (χ4v) is 1.30. The third-order valence-corrected chi connectivity index (χ3v) is 2.67. The van der Waals surface area contributed by atoms with Crippen LogP contribution in [0.5, 0.6) is 0 Å². The molecule has 0 spiro atoms. The minimum absolute atomic E-state index is 0.0193. The molecule has 0 aliphatic carbocycles. The highest BCUT2D eigenvalue weighted by molar-refractivity contribution is 14.1. The minimum Gasteiger partial charge on any atom is -0.284 e. The molecule has 0 saturated heterocycles. The second-order valence-corrected chi connectivity index (χ2v) is 4.88. The Kier molecular flexibility index (Phi) is 6.90. The van der Waals surface area contributed by atoms with Crippen LogP contribution in [0.3, 0.4) is 0 Å². The van der Waals surface area contributed by atoms with Gasteiger partial charge in [-0.2, -0.15) is 0 Å². The third kappa shape index (κ3) is 5.43. The highest BCUT2D eigenvalue weighted by atomic mass is 127. The molecule has 0 bridgehead atoms. The second-order valence-electron chi connectivity index (χ2n) is 3.80. The minimum atomic E-state index is -0.376. The van der Waals surface area contributed by atoms with E-state index in [1.807, 2.05) is 13.8 Å². The lowest BCUT2D eigenvalue weighted by Crippen LogP contribution is -2.21. The molecule has 0 saturated carbocycles. The van der Waals surface area contributed by atoms with E-state index < -0.39 is 0 Å². The Hall–Kier alpha value is -0.300. The van der Waals surface area contributed by atoms with E-state index in [0.717, 1.165) is 17.3 Å². The van der Waals surface area contributed by atoms with Gasteiger partial charge in [0, 0.05) is 16.3 Å². The molecule has 0 atom stereocenters. The Morgan fingerprint density at radius 1 is 1.57 bits per heavy atom. The number of alkyl halides is 1. The van der Waals surface area contributed by atoms with Gasteiger partial charge >= 0.3 is 0 Å². The van der Waals surface area contributed by atoms with Gasteiger partial charge in [-0.25, -0.2) is 0 Å². The summed E-state index contributed by atoms with van der Waals surface area (Å²) in [5.74, 6) is 5.63. The van der Waals surface area contributed by atoms with Crippen LogP contribution in [-0.4, -0.2) is 10.2 Å². The molecule has 0 radical (unpaired) electrons. The zero-order valence-electron chi connectivity index (χ0n) is 8.90. The topological polar surface area (TPSA) is 17.1 Å². The Morgan fingerprint density at radius 2 is 2.21 bits per heavy atom. The van der Waals surface area contributed by atoms with Gasteiger partial charge in [-0.3, -0.25) is 4.79 Å². The molecule has 1 nitrogen and oxygen atoms in total. The van der Waals surface area contributed by atoms with Crippen molar-refractivity contribution < 1.29 is 4.79 Å². The molecule has 0 rings (SSSR count). The van der Waals surface area contributed by atoms with Crippen LogP contribution in [0.4, 0.5) is 0 Å². The van der Waals surface area contributed by atoms with Crippen molar-refractivity contribution in [3.63, 3.8) is 0 Å². The molecular weight excluding hydrogens is 287 g/mol. The van der Waals surface area contributed by atoms with Gasteiger partial charge in [0.15, 0.2) is 0 Å². The molecule has 0 heterocycles. The van der Waals surface area contributed by atoms with Crippen molar-refractivity contribution in [1.82, 2.24) is 0 Å². The molecule has 0 fully saturated rings. The van der Waals surface area contributed by atoms with Gasteiger partial charge in [0.05, 0.1) is 0 Å². The number of allylic oxidation sites excluding steroid dienone is 1. The van der Waals surface area contributed by atoms with Crippen LogP contribution in [0.2, 0.25) is 0 Å². The van der Waals surface area contributed by atoms with Crippen LogP contribution in [0.1, 0.15) is 33.1 Å². The summed E-state index contributed by atoms with van der Waals surface area (Å²) in [6.07, 6.45) is 4.33. The average molecular weight is 304 g/mol.